The van der Waals surface area contributed by atoms with Gasteiger partial charge in [-0.05, 0) is 49.8 Å². The lowest BCUT2D eigenvalue weighted by Gasteiger charge is -2.19. The third kappa shape index (κ3) is 3.50. The van der Waals surface area contributed by atoms with Crippen LogP contribution in [0.2, 0.25) is 0 Å². The highest BCUT2D eigenvalue weighted by Crippen LogP contribution is 2.25. The Balaban J connectivity index is 1.53. The van der Waals surface area contributed by atoms with Crippen molar-refractivity contribution in [3.8, 4) is 0 Å². The van der Waals surface area contributed by atoms with E-state index in [1.54, 1.807) is 0 Å². The van der Waals surface area contributed by atoms with E-state index in [1.165, 1.54) is 62.9 Å². The van der Waals surface area contributed by atoms with Gasteiger partial charge in [-0.3, -0.25) is 0 Å². The summed E-state index contributed by atoms with van der Waals surface area (Å²) in [4.78, 5) is 2.53. The fraction of sp³-hybridized carbons (Fsp3) is 0.647. The molecule has 1 aliphatic heterocycles. The summed E-state index contributed by atoms with van der Waals surface area (Å²) < 4.78 is 0. The number of hydrogen-bond acceptors (Lipinski definition) is 2. The van der Waals surface area contributed by atoms with Gasteiger partial charge >= 0.3 is 0 Å². The van der Waals surface area contributed by atoms with Crippen LogP contribution >= 0.6 is 0 Å². The Labute approximate surface area is 117 Å². The van der Waals surface area contributed by atoms with Crippen molar-refractivity contribution in [3.05, 3.63) is 29.8 Å². The summed E-state index contributed by atoms with van der Waals surface area (Å²) in [5.74, 6) is 0. The van der Waals surface area contributed by atoms with Gasteiger partial charge in [0.2, 0.25) is 0 Å². The minimum atomic E-state index is 0.715. The molecule has 1 saturated heterocycles. The fourth-order valence-electron chi connectivity index (χ4n) is 2.97. The molecule has 2 fully saturated rings. The molecule has 1 unspecified atom stereocenters. The molecule has 0 spiro atoms. The van der Waals surface area contributed by atoms with Crippen LogP contribution in [-0.2, 0) is 6.42 Å². The van der Waals surface area contributed by atoms with Crippen molar-refractivity contribution in [1.29, 1.82) is 0 Å². The zero-order valence-electron chi connectivity index (χ0n) is 12.1. The van der Waals surface area contributed by atoms with Crippen LogP contribution < -0.4 is 10.2 Å². The molecule has 1 aromatic rings. The molecule has 1 N–H and O–H groups in total. The molecule has 1 heterocycles. The number of anilines is 1. The Bertz CT molecular complexity index is 394. The minimum absolute atomic E-state index is 0.715. The number of aryl methyl sites for hydroxylation is 1. The van der Waals surface area contributed by atoms with Gasteiger partial charge in [0.05, 0.1) is 0 Å². The number of benzene rings is 1. The van der Waals surface area contributed by atoms with Gasteiger partial charge in [0.25, 0.3) is 0 Å². The van der Waals surface area contributed by atoms with E-state index in [0.29, 0.717) is 6.04 Å². The molecule has 0 amide bonds. The van der Waals surface area contributed by atoms with Crippen molar-refractivity contribution in [3.63, 3.8) is 0 Å². The zero-order valence-corrected chi connectivity index (χ0v) is 12.1. The quantitative estimate of drug-likeness (QED) is 0.841. The summed E-state index contributed by atoms with van der Waals surface area (Å²) in [6, 6.07) is 10.8. The second-order valence-electron chi connectivity index (χ2n) is 6.14. The highest BCUT2D eigenvalue weighted by Gasteiger charge is 2.29. The first-order chi connectivity index (χ1) is 9.35. The summed E-state index contributed by atoms with van der Waals surface area (Å²) >= 11 is 0. The summed E-state index contributed by atoms with van der Waals surface area (Å²) in [7, 11) is 0. The molecule has 1 atom stereocenters. The van der Waals surface area contributed by atoms with Crippen molar-refractivity contribution in [1.82, 2.24) is 5.32 Å². The molecule has 1 saturated carbocycles. The van der Waals surface area contributed by atoms with Gasteiger partial charge in [-0.25, -0.2) is 0 Å². The van der Waals surface area contributed by atoms with Gasteiger partial charge in [0.15, 0.2) is 0 Å². The highest BCUT2D eigenvalue weighted by atomic mass is 15.2. The molecule has 0 radical (unpaired) electrons. The third-order valence-electron chi connectivity index (χ3n) is 4.36. The predicted octanol–water partition coefficient (Wildman–Crippen LogP) is 3.36. The molecule has 1 aliphatic carbocycles. The van der Waals surface area contributed by atoms with E-state index < -0.39 is 0 Å². The first-order valence-electron chi connectivity index (χ1n) is 7.95. The normalized spacial score (nSPS) is 23.0. The molecule has 0 aromatic heterocycles. The predicted molar refractivity (Wildman–Crippen MR) is 81.8 cm³/mol. The largest absolute Gasteiger partial charge is 0.370 e. The smallest absolute Gasteiger partial charge is 0.0366 e. The summed E-state index contributed by atoms with van der Waals surface area (Å²) in [6.45, 7) is 4.65. The van der Waals surface area contributed by atoms with Gasteiger partial charge in [-0.2, -0.15) is 0 Å². The Kier molecular flexibility index (Phi) is 4.07. The number of nitrogens with one attached hydrogen (secondary N) is 1. The molecule has 2 aliphatic rings. The van der Waals surface area contributed by atoms with Crippen LogP contribution in [0.15, 0.2) is 24.3 Å². The second-order valence-corrected chi connectivity index (χ2v) is 6.14. The Hall–Kier alpha value is -1.02. The molecule has 3 rings (SSSR count). The van der Waals surface area contributed by atoms with Crippen molar-refractivity contribution >= 4 is 5.69 Å². The van der Waals surface area contributed by atoms with Crippen LogP contribution in [0.1, 0.15) is 44.6 Å². The van der Waals surface area contributed by atoms with E-state index in [1.807, 2.05) is 0 Å². The number of hydrogen-bond donors (Lipinski definition) is 1. The lowest BCUT2D eigenvalue weighted by molar-refractivity contribution is 0.548. The van der Waals surface area contributed by atoms with Gasteiger partial charge in [0, 0.05) is 30.9 Å². The van der Waals surface area contributed by atoms with Crippen LogP contribution in [0, 0.1) is 0 Å². The zero-order chi connectivity index (χ0) is 13.1. The molecule has 1 aromatic carbocycles. The van der Waals surface area contributed by atoms with Crippen molar-refractivity contribution in [2.75, 3.05) is 18.0 Å². The van der Waals surface area contributed by atoms with E-state index in [-0.39, 0.29) is 0 Å². The van der Waals surface area contributed by atoms with E-state index in [4.69, 9.17) is 0 Å². The van der Waals surface area contributed by atoms with Crippen LogP contribution in [0.25, 0.3) is 0 Å². The Morgan fingerprint density at radius 1 is 1.11 bits per heavy atom. The second kappa shape index (κ2) is 5.96. The van der Waals surface area contributed by atoms with Crippen molar-refractivity contribution < 1.29 is 0 Å². The Morgan fingerprint density at radius 2 is 1.89 bits per heavy atom. The average Bonchev–Trinajstić information content (AvgIpc) is 3.13. The average molecular weight is 258 g/mol. The molecule has 104 valence electrons. The summed E-state index contributed by atoms with van der Waals surface area (Å²) in [6.07, 6.45) is 7.89. The van der Waals surface area contributed by atoms with Gasteiger partial charge in [-0.15, -0.1) is 0 Å². The maximum Gasteiger partial charge on any atom is 0.0366 e. The first kappa shape index (κ1) is 13.0. The molecular formula is C17H26N2. The van der Waals surface area contributed by atoms with Gasteiger partial charge in [-0.1, -0.05) is 25.5 Å². The Morgan fingerprint density at radius 3 is 2.58 bits per heavy atom. The summed E-state index contributed by atoms with van der Waals surface area (Å²) in [5, 5.41) is 3.75. The van der Waals surface area contributed by atoms with E-state index >= 15 is 0 Å². The van der Waals surface area contributed by atoms with E-state index in [0.717, 1.165) is 6.04 Å². The first-order valence-corrected chi connectivity index (χ1v) is 7.95. The minimum Gasteiger partial charge on any atom is -0.370 e. The SMILES string of the molecule is CCCCc1ccc(N2CCC(NC3CC3)C2)cc1. The molecule has 0 bridgehead atoms. The van der Waals surface area contributed by atoms with Gasteiger partial charge in [0.1, 0.15) is 0 Å². The lowest BCUT2D eigenvalue weighted by atomic mass is 10.1. The van der Waals surface area contributed by atoms with Crippen LogP contribution in [0.5, 0.6) is 0 Å². The molecule has 19 heavy (non-hydrogen) atoms. The van der Waals surface area contributed by atoms with E-state index in [9.17, 15) is 0 Å². The van der Waals surface area contributed by atoms with Crippen LogP contribution in [0.4, 0.5) is 5.69 Å². The number of nitrogens with zero attached hydrogens (tertiary/aromatic N) is 1. The van der Waals surface area contributed by atoms with Crippen molar-refractivity contribution in [2.45, 2.75) is 57.5 Å². The number of unbranched alkanes of at least 4 members (excludes halogenated alkanes) is 1. The maximum atomic E-state index is 3.75. The molecule has 2 heteroatoms. The molecule has 2 nitrogen and oxygen atoms in total. The monoisotopic (exact) mass is 258 g/mol. The van der Waals surface area contributed by atoms with E-state index in [2.05, 4.69) is 41.4 Å². The van der Waals surface area contributed by atoms with Gasteiger partial charge < -0.3 is 10.2 Å². The third-order valence-corrected chi connectivity index (χ3v) is 4.36. The summed E-state index contributed by atoms with van der Waals surface area (Å²) in [5.41, 5.74) is 2.89. The fourth-order valence-corrected chi connectivity index (χ4v) is 2.97. The standard InChI is InChI=1S/C17H26N2/c1-2-3-4-14-5-9-17(10-6-14)19-12-11-16(13-19)18-15-7-8-15/h5-6,9-10,15-16,18H,2-4,7-8,11-13H2,1H3. The topological polar surface area (TPSA) is 15.3 Å². The lowest BCUT2D eigenvalue weighted by Crippen LogP contribution is -2.33. The van der Waals surface area contributed by atoms with Crippen LogP contribution in [-0.4, -0.2) is 25.2 Å². The van der Waals surface area contributed by atoms with Crippen molar-refractivity contribution in [2.24, 2.45) is 0 Å². The number of rotatable bonds is 6. The highest BCUT2D eigenvalue weighted by molar-refractivity contribution is 5.48. The maximum absolute atomic E-state index is 3.75. The van der Waals surface area contributed by atoms with Crippen LogP contribution in [0.3, 0.4) is 0 Å². The molecular weight excluding hydrogens is 232 g/mol.